The molecule has 7 nitrogen and oxygen atoms in total. The van der Waals surface area contributed by atoms with Gasteiger partial charge in [0.15, 0.2) is 0 Å². The van der Waals surface area contributed by atoms with Crippen LogP contribution in [0.25, 0.3) is 10.2 Å². The van der Waals surface area contributed by atoms with Crippen molar-refractivity contribution in [1.29, 1.82) is 0 Å². The quantitative estimate of drug-likeness (QED) is 0.856. The summed E-state index contributed by atoms with van der Waals surface area (Å²) in [5.41, 5.74) is 0.846. The number of carbonyl (C=O) groups is 2. The van der Waals surface area contributed by atoms with Crippen molar-refractivity contribution in [2.45, 2.75) is 32.2 Å². The highest BCUT2D eigenvalue weighted by Gasteiger charge is 2.20. The summed E-state index contributed by atoms with van der Waals surface area (Å²) in [6, 6.07) is 0. The van der Waals surface area contributed by atoms with Gasteiger partial charge in [-0.25, -0.2) is 4.98 Å². The molecule has 2 aromatic rings. The van der Waals surface area contributed by atoms with E-state index in [1.54, 1.807) is 11.3 Å². The van der Waals surface area contributed by atoms with E-state index in [4.69, 9.17) is 5.11 Å². The second-order valence-corrected chi connectivity index (χ2v) is 6.32. The number of aromatic nitrogens is 2. The first-order chi connectivity index (χ1) is 10.6. The van der Waals surface area contributed by atoms with Gasteiger partial charge in [0.25, 0.3) is 5.56 Å². The summed E-state index contributed by atoms with van der Waals surface area (Å²) in [4.78, 5) is 40.9. The zero-order chi connectivity index (χ0) is 15.7. The molecule has 2 aromatic heterocycles. The molecule has 0 spiro atoms. The van der Waals surface area contributed by atoms with Crippen molar-refractivity contribution in [3.05, 3.63) is 27.1 Å². The van der Waals surface area contributed by atoms with E-state index in [1.807, 2.05) is 0 Å². The smallest absolute Gasteiger partial charge is 0.322 e. The molecular formula is C14H15N3O4S. The number of carbonyl (C=O) groups excluding carboxylic acids is 1. The number of rotatable bonds is 4. The van der Waals surface area contributed by atoms with Crippen molar-refractivity contribution in [3.8, 4) is 0 Å². The number of carboxylic acid groups (broad SMARTS) is 1. The molecule has 0 saturated heterocycles. The Labute approximate surface area is 129 Å². The van der Waals surface area contributed by atoms with Gasteiger partial charge in [0.1, 0.15) is 17.9 Å². The SMILES string of the molecule is O=C(O)CNC(=O)Cn1cnc2sc3c(c2c1=O)CCCC3. The predicted octanol–water partition coefficient (Wildman–Crippen LogP) is 0.538. The molecule has 0 aromatic carbocycles. The van der Waals surface area contributed by atoms with Gasteiger partial charge in [-0.3, -0.25) is 19.0 Å². The molecule has 2 N–H and O–H groups in total. The van der Waals surface area contributed by atoms with Crippen molar-refractivity contribution in [2.75, 3.05) is 6.54 Å². The maximum absolute atomic E-state index is 12.6. The minimum absolute atomic E-state index is 0.223. The van der Waals surface area contributed by atoms with Crippen LogP contribution < -0.4 is 10.9 Å². The molecule has 0 aliphatic heterocycles. The van der Waals surface area contributed by atoms with Crippen LogP contribution in [0, 0.1) is 0 Å². The second kappa shape index (κ2) is 5.88. The van der Waals surface area contributed by atoms with E-state index in [0.717, 1.165) is 36.1 Å². The van der Waals surface area contributed by atoms with Crippen LogP contribution in [0.4, 0.5) is 0 Å². The van der Waals surface area contributed by atoms with Crippen molar-refractivity contribution in [3.63, 3.8) is 0 Å². The largest absolute Gasteiger partial charge is 0.480 e. The van der Waals surface area contributed by atoms with Crippen LogP contribution in [0.2, 0.25) is 0 Å². The van der Waals surface area contributed by atoms with Crippen molar-refractivity contribution in [2.24, 2.45) is 0 Å². The van der Waals surface area contributed by atoms with Crippen LogP contribution in [0.1, 0.15) is 23.3 Å². The van der Waals surface area contributed by atoms with Gasteiger partial charge in [-0.2, -0.15) is 0 Å². The number of thiophene rings is 1. The molecule has 0 atom stereocenters. The molecule has 116 valence electrons. The van der Waals surface area contributed by atoms with E-state index in [-0.39, 0.29) is 12.1 Å². The lowest BCUT2D eigenvalue weighted by atomic mass is 9.97. The first kappa shape index (κ1) is 14.7. The highest BCUT2D eigenvalue weighted by Crippen LogP contribution is 2.33. The summed E-state index contributed by atoms with van der Waals surface area (Å²) in [7, 11) is 0. The lowest BCUT2D eigenvalue weighted by Crippen LogP contribution is -2.35. The molecule has 0 fully saturated rings. The zero-order valence-electron chi connectivity index (χ0n) is 11.8. The zero-order valence-corrected chi connectivity index (χ0v) is 12.6. The molecule has 0 saturated carbocycles. The molecule has 2 heterocycles. The van der Waals surface area contributed by atoms with E-state index in [2.05, 4.69) is 10.3 Å². The van der Waals surface area contributed by atoms with Crippen LogP contribution in [0.15, 0.2) is 11.1 Å². The number of hydrogen-bond donors (Lipinski definition) is 2. The summed E-state index contributed by atoms with van der Waals surface area (Å²) in [6.45, 7) is -0.684. The van der Waals surface area contributed by atoms with Crippen molar-refractivity contribution in [1.82, 2.24) is 14.9 Å². The van der Waals surface area contributed by atoms with Crippen LogP contribution in [-0.2, 0) is 29.0 Å². The van der Waals surface area contributed by atoms with Crippen LogP contribution in [0.5, 0.6) is 0 Å². The first-order valence-electron chi connectivity index (χ1n) is 7.04. The first-order valence-corrected chi connectivity index (χ1v) is 7.86. The van der Waals surface area contributed by atoms with Crippen molar-refractivity contribution < 1.29 is 14.7 Å². The Bertz CT molecular complexity index is 808. The molecule has 8 heteroatoms. The predicted molar refractivity (Wildman–Crippen MR) is 81.2 cm³/mol. The number of nitrogens with zero attached hydrogens (tertiary/aromatic N) is 2. The molecule has 0 unspecified atom stereocenters. The molecule has 0 bridgehead atoms. The van der Waals surface area contributed by atoms with Gasteiger partial charge in [0, 0.05) is 4.88 Å². The van der Waals surface area contributed by atoms with Crippen molar-refractivity contribution >= 4 is 33.4 Å². The highest BCUT2D eigenvalue weighted by molar-refractivity contribution is 7.18. The number of aliphatic carboxylic acids is 1. The molecule has 1 aliphatic rings. The van der Waals surface area contributed by atoms with E-state index >= 15 is 0 Å². The molecule has 0 radical (unpaired) electrons. The summed E-state index contributed by atoms with van der Waals surface area (Å²) in [6.07, 6.45) is 5.40. The van der Waals surface area contributed by atoms with Gasteiger partial charge in [0.05, 0.1) is 11.7 Å². The maximum atomic E-state index is 12.6. The number of fused-ring (bicyclic) bond motifs is 3. The third-order valence-corrected chi connectivity index (χ3v) is 4.89. The number of nitrogens with one attached hydrogen (secondary N) is 1. The summed E-state index contributed by atoms with van der Waals surface area (Å²) < 4.78 is 1.24. The Morgan fingerprint density at radius 1 is 1.36 bits per heavy atom. The van der Waals surface area contributed by atoms with Gasteiger partial charge in [-0.1, -0.05) is 0 Å². The Morgan fingerprint density at radius 3 is 2.91 bits per heavy atom. The number of carboxylic acids is 1. The Morgan fingerprint density at radius 2 is 2.14 bits per heavy atom. The number of aryl methyl sites for hydroxylation is 2. The van der Waals surface area contributed by atoms with E-state index in [9.17, 15) is 14.4 Å². The van der Waals surface area contributed by atoms with E-state index in [1.165, 1.54) is 15.8 Å². The maximum Gasteiger partial charge on any atom is 0.322 e. The fourth-order valence-electron chi connectivity index (χ4n) is 2.68. The normalized spacial score (nSPS) is 13.8. The molecule has 3 rings (SSSR count). The minimum atomic E-state index is -1.12. The van der Waals surface area contributed by atoms with Crippen LogP contribution in [0.3, 0.4) is 0 Å². The Kier molecular flexibility index (Phi) is 3.93. The molecule has 22 heavy (non-hydrogen) atoms. The van der Waals surface area contributed by atoms with Gasteiger partial charge in [-0.15, -0.1) is 11.3 Å². The lowest BCUT2D eigenvalue weighted by molar-refractivity contribution is -0.138. The van der Waals surface area contributed by atoms with Gasteiger partial charge in [-0.05, 0) is 31.2 Å². The average Bonchev–Trinajstić information content (AvgIpc) is 2.87. The number of hydrogen-bond acceptors (Lipinski definition) is 5. The van der Waals surface area contributed by atoms with Crippen LogP contribution >= 0.6 is 11.3 Å². The van der Waals surface area contributed by atoms with E-state index < -0.39 is 18.4 Å². The monoisotopic (exact) mass is 321 g/mol. The second-order valence-electron chi connectivity index (χ2n) is 5.24. The van der Waals surface area contributed by atoms with E-state index in [0.29, 0.717) is 5.39 Å². The number of amides is 1. The third-order valence-electron chi connectivity index (χ3n) is 3.69. The fourth-order valence-corrected chi connectivity index (χ4v) is 3.90. The van der Waals surface area contributed by atoms with Gasteiger partial charge < -0.3 is 10.4 Å². The summed E-state index contributed by atoms with van der Waals surface area (Å²) >= 11 is 1.55. The van der Waals surface area contributed by atoms with Gasteiger partial charge in [0.2, 0.25) is 5.91 Å². The summed E-state index contributed by atoms with van der Waals surface area (Å²) in [5.74, 6) is -1.64. The minimum Gasteiger partial charge on any atom is -0.480 e. The third kappa shape index (κ3) is 2.74. The molecule has 1 amide bonds. The fraction of sp³-hybridized carbons (Fsp3) is 0.429. The highest BCUT2D eigenvalue weighted by atomic mass is 32.1. The topological polar surface area (TPSA) is 101 Å². The molecule has 1 aliphatic carbocycles. The molecular weight excluding hydrogens is 306 g/mol. The lowest BCUT2D eigenvalue weighted by Gasteiger charge is -2.10. The standard InChI is InChI=1S/C14H15N3O4S/c18-10(15-5-11(19)20)6-17-7-16-13-12(14(17)21)8-3-1-2-4-9(8)22-13/h7H,1-6H2,(H,15,18)(H,19,20). The average molecular weight is 321 g/mol. The van der Waals surface area contributed by atoms with Crippen LogP contribution in [-0.4, -0.2) is 33.1 Å². The Hall–Kier alpha value is -2.22. The Balaban J connectivity index is 1.91. The van der Waals surface area contributed by atoms with Gasteiger partial charge >= 0.3 is 5.97 Å². The summed E-state index contributed by atoms with van der Waals surface area (Å²) in [5, 5.41) is 11.4.